The number of unbranched alkanes of at least 4 members (excludes halogenated alkanes) is 1. The van der Waals surface area contributed by atoms with Gasteiger partial charge in [-0.2, -0.15) is 4.98 Å². The van der Waals surface area contributed by atoms with Crippen molar-refractivity contribution in [3.63, 3.8) is 0 Å². The highest BCUT2D eigenvalue weighted by atomic mass is 16.5. The second-order valence-electron chi connectivity index (χ2n) is 19.4. The van der Waals surface area contributed by atoms with Crippen LogP contribution in [-0.2, 0) is 43.9 Å². The highest BCUT2D eigenvalue weighted by Gasteiger charge is 2.32. The molecule has 3 aliphatic rings. The second kappa shape index (κ2) is 25.1. The van der Waals surface area contributed by atoms with Crippen LogP contribution in [0, 0.1) is 0 Å². The van der Waals surface area contributed by atoms with Crippen LogP contribution in [0.3, 0.4) is 0 Å². The van der Waals surface area contributed by atoms with Gasteiger partial charge in [-0.15, -0.1) is 0 Å². The summed E-state index contributed by atoms with van der Waals surface area (Å²) in [6.45, 7) is 11.8. The van der Waals surface area contributed by atoms with Crippen LogP contribution in [0.1, 0.15) is 114 Å². The Labute approximate surface area is 411 Å². The van der Waals surface area contributed by atoms with Gasteiger partial charge >= 0.3 is 5.69 Å². The first-order valence-electron chi connectivity index (χ1n) is 25.9. The largest absolute Gasteiger partial charge is 0.393 e. The van der Waals surface area contributed by atoms with E-state index in [1.807, 2.05) is 24.4 Å². The monoisotopic (exact) mass is 963 g/mol. The molecule has 5 heterocycles. The molecule has 4 N–H and O–H groups in total. The van der Waals surface area contributed by atoms with Crippen molar-refractivity contribution < 1.29 is 29.0 Å². The van der Waals surface area contributed by atoms with E-state index in [1.54, 1.807) is 11.6 Å². The lowest BCUT2D eigenvalue weighted by Gasteiger charge is -2.34. The van der Waals surface area contributed by atoms with Gasteiger partial charge in [0.05, 0.1) is 17.1 Å². The van der Waals surface area contributed by atoms with Crippen molar-refractivity contribution in [2.45, 2.75) is 122 Å². The first-order valence-corrected chi connectivity index (χ1v) is 25.9. The number of ether oxygens (including phenoxy) is 2. The van der Waals surface area contributed by atoms with Gasteiger partial charge in [0.15, 0.2) is 0 Å². The first kappa shape index (κ1) is 50.9. The molecule has 3 fully saturated rings. The average molecular weight is 963 g/mol. The Morgan fingerprint density at radius 1 is 0.857 bits per heavy atom. The normalized spacial score (nSPS) is 19.3. The zero-order valence-corrected chi connectivity index (χ0v) is 41.3. The predicted molar refractivity (Wildman–Crippen MR) is 272 cm³/mol. The number of aryl methyl sites for hydroxylation is 2. The minimum Gasteiger partial charge on any atom is -0.393 e. The SMILES string of the molecule is CCCCNc1ncc2c(-c3ccc(CN4CCN(CCCC(=O)NCCCOCCCOCCCc5cccc6c5n(C)c(=O)n6C5CCC(=O)NC5=O)CC4)cc3)cn(C3CCC(O)CC3)c2n1. The molecular formula is C53H74N10O7. The molecule has 2 aromatic carbocycles. The first-order chi connectivity index (χ1) is 34.2. The number of fused-ring (bicyclic) bond motifs is 2. The van der Waals surface area contributed by atoms with Crippen LogP contribution in [-0.4, -0.2) is 135 Å². The fourth-order valence-electron chi connectivity index (χ4n) is 10.3. The topological polar surface area (TPSA) is 190 Å². The Kier molecular flexibility index (Phi) is 18.2. The van der Waals surface area contributed by atoms with Crippen molar-refractivity contribution in [1.29, 1.82) is 0 Å². The van der Waals surface area contributed by atoms with Gasteiger partial charge in [0.2, 0.25) is 23.7 Å². The van der Waals surface area contributed by atoms with E-state index in [2.05, 4.69) is 67.7 Å². The van der Waals surface area contributed by atoms with E-state index in [0.717, 1.165) is 150 Å². The summed E-state index contributed by atoms with van der Waals surface area (Å²) in [5.74, 6) is 0.0262. The van der Waals surface area contributed by atoms with Crippen LogP contribution >= 0.6 is 0 Å². The van der Waals surface area contributed by atoms with Crippen molar-refractivity contribution in [2.24, 2.45) is 7.05 Å². The Balaban J connectivity index is 0.660. The van der Waals surface area contributed by atoms with Crippen LogP contribution in [0.5, 0.6) is 0 Å². The molecule has 1 saturated carbocycles. The number of para-hydroxylation sites is 1. The van der Waals surface area contributed by atoms with Crippen molar-refractivity contribution in [3.8, 4) is 11.1 Å². The maximum Gasteiger partial charge on any atom is 0.329 e. The molecule has 17 nitrogen and oxygen atoms in total. The minimum atomic E-state index is -0.699. The molecule has 2 saturated heterocycles. The summed E-state index contributed by atoms with van der Waals surface area (Å²) in [5, 5.41) is 20.1. The number of piperazine rings is 1. The number of aliphatic hydroxyl groups is 1. The van der Waals surface area contributed by atoms with Crippen LogP contribution < -0.4 is 21.6 Å². The number of nitrogens with zero attached hydrogens (tertiary/aromatic N) is 7. The van der Waals surface area contributed by atoms with Gasteiger partial charge in [-0.3, -0.25) is 33.7 Å². The fourth-order valence-corrected chi connectivity index (χ4v) is 10.3. The Morgan fingerprint density at radius 2 is 1.60 bits per heavy atom. The van der Waals surface area contributed by atoms with Gasteiger partial charge in [0, 0.05) is 122 Å². The number of amides is 3. The average Bonchev–Trinajstić information content (AvgIpc) is 3.86. The van der Waals surface area contributed by atoms with Crippen LogP contribution in [0.15, 0.2) is 59.7 Å². The molecule has 2 aliphatic heterocycles. The molecule has 3 amide bonds. The number of hydrogen-bond donors (Lipinski definition) is 4. The van der Waals surface area contributed by atoms with E-state index in [0.29, 0.717) is 63.3 Å². The number of anilines is 1. The summed E-state index contributed by atoms with van der Waals surface area (Å²) in [6.07, 6.45) is 14.7. The molecule has 0 bridgehead atoms. The number of aromatic nitrogens is 5. The van der Waals surface area contributed by atoms with Crippen LogP contribution in [0.2, 0.25) is 0 Å². The maximum atomic E-state index is 13.2. The van der Waals surface area contributed by atoms with Crippen molar-refractivity contribution in [1.82, 2.24) is 44.1 Å². The molecule has 378 valence electrons. The molecular weight excluding hydrogens is 889 g/mol. The van der Waals surface area contributed by atoms with E-state index < -0.39 is 11.9 Å². The van der Waals surface area contributed by atoms with E-state index in [4.69, 9.17) is 19.4 Å². The number of hydrogen-bond acceptors (Lipinski definition) is 12. The third-order valence-corrected chi connectivity index (χ3v) is 14.3. The zero-order valence-electron chi connectivity index (χ0n) is 41.3. The minimum absolute atomic E-state index is 0.0934. The maximum absolute atomic E-state index is 13.2. The molecule has 5 aromatic rings. The number of nitrogens with one attached hydrogen (secondary N) is 3. The lowest BCUT2D eigenvalue weighted by Crippen LogP contribution is -2.46. The van der Waals surface area contributed by atoms with Gasteiger partial charge in [-0.1, -0.05) is 49.7 Å². The molecule has 1 atom stereocenters. The van der Waals surface area contributed by atoms with E-state index in [1.165, 1.54) is 10.1 Å². The van der Waals surface area contributed by atoms with Gasteiger partial charge in [0.1, 0.15) is 11.7 Å². The predicted octanol–water partition coefficient (Wildman–Crippen LogP) is 5.88. The number of carbonyl (C=O) groups excluding carboxylic acids is 3. The Morgan fingerprint density at radius 3 is 2.36 bits per heavy atom. The number of aliphatic hydroxyl groups excluding tert-OH is 1. The van der Waals surface area contributed by atoms with Gasteiger partial charge in [-0.05, 0) is 99.9 Å². The van der Waals surface area contributed by atoms with Gasteiger partial charge in [-0.25, -0.2) is 9.78 Å². The summed E-state index contributed by atoms with van der Waals surface area (Å²) >= 11 is 0. The third-order valence-electron chi connectivity index (χ3n) is 14.3. The molecule has 0 spiro atoms. The summed E-state index contributed by atoms with van der Waals surface area (Å²) in [7, 11) is 1.72. The highest BCUT2D eigenvalue weighted by Crippen LogP contribution is 2.37. The number of rotatable bonds is 25. The molecule has 0 radical (unpaired) electrons. The highest BCUT2D eigenvalue weighted by molar-refractivity contribution is 6.00. The lowest BCUT2D eigenvalue weighted by atomic mass is 9.93. The van der Waals surface area contributed by atoms with Crippen molar-refractivity contribution in [2.75, 3.05) is 77.6 Å². The molecule has 3 aromatic heterocycles. The third kappa shape index (κ3) is 13.1. The zero-order chi connectivity index (χ0) is 48.8. The number of carbonyl (C=O) groups is 3. The lowest BCUT2D eigenvalue weighted by molar-refractivity contribution is -0.135. The summed E-state index contributed by atoms with van der Waals surface area (Å²) in [6, 6.07) is 14.3. The van der Waals surface area contributed by atoms with Gasteiger partial charge in [0.25, 0.3) is 0 Å². The smallest absolute Gasteiger partial charge is 0.329 e. The van der Waals surface area contributed by atoms with Crippen molar-refractivity contribution >= 4 is 45.7 Å². The quantitative estimate of drug-likeness (QED) is 0.0403. The molecule has 1 aliphatic carbocycles. The summed E-state index contributed by atoms with van der Waals surface area (Å²) in [5.41, 5.74) is 6.83. The molecule has 8 rings (SSSR count). The van der Waals surface area contributed by atoms with Crippen LogP contribution in [0.25, 0.3) is 33.2 Å². The number of imidazole rings is 1. The van der Waals surface area contributed by atoms with Crippen LogP contribution in [0.4, 0.5) is 5.95 Å². The number of piperidine rings is 1. The molecule has 1 unspecified atom stereocenters. The van der Waals surface area contributed by atoms with E-state index >= 15 is 0 Å². The van der Waals surface area contributed by atoms with E-state index in [9.17, 15) is 24.3 Å². The number of imide groups is 1. The number of benzene rings is 2. The standard InChI is InChI=1S/C53H74N10O7/c1-3-4-24-55-52-56-35-43-44(37-62(50(43)58-52)41-18-20-42(64)21-19-41)39-16-14-38(15-17-39)36-61-29-27-60(28-30-61)26-6-13-47(65)54-25-8-32-70-34-9-33-69-31-7-11-40-10-5-12-45-49(40)59(2)53(68)63(45)46-22-23-48(66)57-51(46)67/h5,10,12,14-17,35,37,41-42,46,64H,3-4,6-9,11,13,18-34,36H2,1-2H3,(H,54,65)(H,55,56,58)(H,57,66,67). The Bertz CT molecular complexity index is 2570. The van der Waals surface area contributed by atoms with E-state index in [-0.39, 0.29) is 30.0 Å². The van der Waals surface area contributed by atoms with Crippen molar-refractivity contribution in [3.05, 3.63) is 76.5 Å². The Hall–Kier alpha value is -5.46. The second-order valence-corrected chi connectivity index (χ2v) is 19.4. The van der Waals surface area contributed by atoms with Gasteiger partial charge < -0.3 is 34.7 Å². The summed E-state index contributed by atoms with van der Waals surface area (Å²) < 4.78 is 17.1. The molecule has 17 heteroatoms. The molecule has 70 heavy (non-hydrogen) atoms. The summed E-state index contributed by atoms with van der Waals surface area (Å²) in [4.78, 5) is 64.6. The fraction of sp³-hybridized carbons (Fsp3) is 0.585.